The quantitative estimate of drug-likeness (QED) is 0.219. The van der Waals surface area contributed by atoms with Crippen molar-refractivity contribution >= 4 is 23.7 Å². The van der Waals surface area contributed by atoms with Gasteiger partial charge in [0.05, 0.1) is 24.3 Å². The van der Waals surface area contributed by atoms with E-state index in [-0.39, 0.29) is 47.7 Å². The van der Waals surface area contributed by atoms with Gasteiger partial charge < -0.3 is 29.6 Å². The number of rotatable bonds is 14. The maximum atomic E-state index is 14.0. The summed E-state index contributed by atoms with van der Waals surface area (Å²) in [6.07, 6.45) is 0.470. The minimum Gasteiger partial charge on any atom is -0.491 e. The first kappa shape index (κ1) is 33.3. The normalized spacial score (nSPS) is 18.8. The van der Waals surface area contributed by atoms with E-state index in [1.54, 1.807) is 27.9 Å². The van der Waals surface area contributed by atoms with Crippen LogP contribution >= 0.6 is 0 Å². The molecule has 0 unspecified atom stereocenters. The Morgan fingerprint density at radius 2 is 1.85 bits per heavy atom. The van der Waals surface area contributed by atoms with E-state index in [1.165, 1.54) is 18.2 Å². The second-order valence-corrected chi connectivity index (χ2v) is 12.1. The summed E-state index contributed by atoms with van der Waals surface area (Å²) < 4.78 is 36.0. The molecule has 0 spiro atoms. The lowest BCUT2D eigenvalue weighted by Gasteiger charge is -2.31. The number of halogens is 1. The first-order valence-corrected chi connectivity index (χ1v) is 14.1. The number of carbonyl (C=O) groups is 3. The van der Waals surface area contributed by atoms with Gasteiger partial charge in [0, 0.05) is 32.6 Å². The fraction of sp³-hybridized carbons (Fsp3) is 0.700. The lowest BCUT2D eigenvalue weighted by Crippen LogP contribution is -2.47. The molecular formula is C30H47FN2O7. The number of anilines is 1. The summed E-state index contributed by atoms with van der Waals surface area (Å²) in [5, 5.41) is 5.69. The average molecular weight is 567 g/mol. The summed E-state index contributed by atoms with van der Waals surface area (Å²) in [5.41, 5.74) is -0.453. The van der Waals surface area contributed by atoms with Gasteiger partial charge in [-0.1, -0.05) is 27.7 Å². The zero-order chi connectivity index (χ0) is 30.0. The van der Waals surface area contributed by atoms with Crippen LogP contribution < -0.4 is 15.4 Å². The molecule has 2 amide bonds. The number of carbonyl (C=O) groups excluding carboxylic acids is 3. The molecule has 0 bridgehead atoms. The highest BCUT2D eigenvalue weighted by Crippen LogP contribution is 2.33. The third-order valence-corrected chi connectivity index (χ3v) is 6.93. The second-order valence-electron chi connectivity index (χ2n) is 12.1. The molecule has 40 heavy (non-hydrogen) atoms. The van der Waals surface area contributed by atoms with E-state index in [0.717, 1.165) is 0 Å². The molecule has 10 heteroatoms. The van der Waals surface area contributed by atoms with Crippen molar-refractivity contribution < 1.29 is 37.7 Å². The molecule has 1 aliphatic heterocycles. The molecule has 1 fully saturated rings. The van der Waals surface area contributed by atoms with Crippen molar-refractivity contribution in [3.05, 3.63) is 24.0 Å². The number of esters is 1. The highest BCUT2D eigenvalue weighted by Gasteiger charge is 2.42. The molecule has 1 saturated heterocycles. The van der Waals surface area contributed by atoms with Crippen molar-refractivity contribution in [3.63, 3.8) is 0 Å². The predicted molar refractivity (Wildman–Crippen MR) is 151 cm³/mol. The number of hydrogen-bond donors (Lipinski definition) is 2. The summed E-state index contributed by atoms with van der Waals surface area (Å²) in [6.45, 7) is 14.1. The van der Waals surface area contributed by atoms with Gasteiger partial charge in [-0.3, -0.25) is 9.59 Å². The molecular weight excluding hydrogens is 519 g/mol. The maximum absolute atomic E-state index is 14.0. The molecule has 1 aromatic rings. The zero-order valence-corrected chi connectivity index (χ0v) is 25.2. The van der Waals surface area contributed by atoms with Gasteiger partial charge in [-0.2, -0.15) is 0 Å². The third-order valence-electron chi connectivity index (χ3n) is 6.93. The van der Waals surface area contributed by atoms with Crippen LogP contribution in [-0.2, 0) is 23.8 Å². The van der Waals surface area contributed by atoms with Gasteiger partial charge in [0.25, 0.3) is 0 Å². The molecule has 4 atom stereocenters. The van der Waals surface area contributed by atoms with Gasteiger partial charge in [-0.05, 0) is 63.5 Å². The van der Waals surface area contributed by atoms with Crippen LogP contribution in [-0.4, -0.2) is 56.0 Å². The fourth-order valence-electron chi connectivity index (χ4n) is 4.65. The molecule has 1 heterocycles. The lowest BCUT2D eigenvalue weighted by molar-refractivity contribution is -0.146. The van der Waals surface area contributed by atoms with Crippen LogP contribution in [0.4, 0.5) is 14.9 Å². The fourth-order valence-corrected chi connectivity index (χ4v) is 4.65. The Morgan fingerprint density at radius 1 is 1.15 bits per heavy atom. The van der Waals surface area contributed by atoms with Crippen molar-refractivity contribution in [1.82, 2.24) is 5.32 Å². The number of alkyl carbamates (subject to hydrolysis) is 1. The molecule has 1 aliphatic rings. The summed E-state index contributed by atoms with van der Waals surface area (Å²) in [5.74, 6) is -1.00. The van der Waals surface area contributed by atoms with E-state index in [1.807, 2.05) is 27.7 Å². The number of methoxy groups -OCH3 is 1. The lowest BCUT2D eigenvalue weighted by atomic mass is 9.83. The summed E-state index contributed by atoms with van der Waals surface area (Å²) >= 11 is 0. The van der Waals surface area contributed by atoms with Crippen LogP contribution in [0.25, 0.3) is 0 Å². The molecule has 0 aliphatic carbocycles. The molecule has 0 saturated carbocycles. The van der Waals surface area contributed by atoms with E-state index < -0.39 is 29.7 Å². The smallest absolute Gasteiger partial charge is 0.408 e. The molecule has 2 N–H and O–H groups in total. The van der Waals surface area contributed by atoms with Crippen molar-refractivity contribution in [2.45, 2.75) is 91.9 Å². The number of cyclic esters (lactones) is 1. The molecule has 226 valence electrons. The van der Waals surface area contributed by atoms with Gasteiger partial charge in [0.2, 0.25) is 5.91 Å². The number of amides is 2. The summed E-state index contributed by atoms with van der Waals surface area (Å²) in [7, 11) is 1.60. The highest BCUT2D eigenvalue weighted by atomic mass is 19.1. The van der Waals surface area contributed by atoms with Crippen LogP contribution in [0, 0.1) is 29.5 Å². The van der Waals surface area contributed by atoms with Gasteiger partial charge in [-0.15, -0.1) is 0 Å². The number of benzene rings is 1. The van der Waals surface area contributed by atoms with E-state index in [0.29, 0.717) is 38.2 Å². The summed E-state index contributed by atoms with van der Waals surface area (Å²) in [4.78, 5) is 38.4. The predicted octanol–water partition coefficient (Wildman–Crippen LogP) is 5.71. The van der Waals surface area contributed by atoms with Crippen molar-refractivity contribution in [1.29, 1.82) is 0 Å². The van der Waals surface area contributed by atoms with Gasteiger partial charge in [-0.25, -0.2) is 9.18 Å². The largest absolute Gasteiger partial charge is 0.491 e. The van der Waals surface area contributed by atoms with E-state index in [9.17, 15) is 18.8 Å². The number of nitrogens with one attached hydrogen (secondary N) is 2. The molecule has 2 rings (SSSR count). The van der Waals surface area contributed by atoms with Crippen molar-refractivity contribution in [3.8, 4) is 5.75 Å². The molecule has 0 aromatic heterocycles. The first-order valence-electron chi connectivity index (χ1n) is 14.1. The monoisotopic (exact) mass is 566 g/mol. The van der Waals surface area contributed by atoms with Gasteiger partial charge in [0.15, 0.2) is 0 Å². The molecule has 1 aromatic carbocycles. The Kier molecular flexibility index (Phi) is 12.7. The van der Waals surface area contributed by atoms with E-state index in [2.05, 4.69) is 10.6 Å². The first-order chi connectivity index (χ1) is 18.7. The van der Waals surface area contributed by atoms with Crippen molar-refractivity contribution in [2.24, 2.45) is 23.7 Å². The molecule has 0 radical (unpaired) electrons. The van der Waals surface area contributed by atoms with Crippen LogP contribution in [0.15, 0.2) is 18.2 Å². The van der Waals surface area contributed by atoms with Crippen LogP contribution in [0.2, 0.25) is 0 Å². The number of ether oxygens (including phenoxy) is 4. The topological polar surface area (TPSA) is 112 Å². The summed E-state index contributed by atoms with van der Waals surface area (Å²) in [6, 6.07) is 3.44. The zero-order valence-electron chi connectivity index (χ0n) is 25.2. The highest BCUT2D eigenvalue weighted by molar-refractivity contribution is 5.92. The minimum absolute atomic E-state index is 0.0592. The Labute approximate surface area is 237 Å². The van der Waals surface area contributed by atoms with E-state index in [4.69, 9.17) is 18.9 Å². The maximum Gasteiger partial charge on any atom is 0.408 e. The van der Waals surface area contributed by atoms with Crippen molar-refractivity contribution in [2.75, 3.05) is 25.6 Å². The standard InChI is InChI=1S/C30H47FN2O7/c1-18(2)20(15-27(34)32-24-16-21(31)10-11-25(24)38-13-9-12-37-8)14-23(33-29(36)40-30(5,6)7)26-17-22(19(3)4)28(35)39-26/h10-11,16,18-20,22-23,26H,9,12-15,17H2,1-8H3,(H,32,34)(H,33,36)/t20-,22+,23+,26+/m1/s1. The van der Waals surface area contributed by atoms with Gasteiger partial charge in [0.1, 0.15) is 23.3 Å². The Balaban J connectivity index is 2.17. The SMILES string of the molecule is COCCCOc1ccc(F)cc1NC(=O)C[C@@H](C[C@H](NC(=O)OC(C)(C)C)[C@@H]1C[C@@H](C(C)C)C(=O)O1)C(C)C. The Hall–Kier alpha value is -2.88. The van der Waals surface area contributed by atoms with E-state index >= 15 is 0 Å². The minimum atomic E-state index is -0.701. The van der Waals surface area contributed by atoms with Gasteiger partial charge >= 0.3 is 12.1 Å². The van der Waals surface area contributed by atoms with Crippen LogP contribution in [0.5, 0.6) is 5.75 Å². The van der Waals surface area contributed by atoms with Crippen LogP contribution in [0.1, 0.15) is 74.1 Å². The Morgan fingerprint density at radius 3 is 2.42 bits per heavy atom. The van der Waals surface area contributed by atoms with Crippen LogP contribution in [0.3, 0.4) is 0 Å². The molecule has 9 nitrogen and oxygen atoms in total. The third kappa shape index (κ3) is 10.9. The Bertz CT molecular complexity index is 993. The second kappa shape index (κ2) is 15.2. The average Bonchev–Trinajstić information content (AvgIpc) is 3.22. The number of hydrogen-bond acceptors (Lipinski definition) is 7.